The van der Waals surface area contributed by atoms with E-state index < -0.39 is 0 Å². The lowest BCUT2D eigenvalue weighted by Gasteiger charge is -2.19. The number of amides is 1. The van der Waals surface area contributed by atoms with Crippen molar-refractivity contribution in [3.63, 3.8) is 0 Å². The molecule has 1 aromatic carbocycles. The number of hydrogen-bond acceptors (Lipinski definition) is 4. The Kier molecular flexibility index (Phi) is 5.27. The molecule has 1 aliphatic rings. The summed E-state index contributed by atoms with van der Waals surface area (Å²) in [5.41, 5.74) is 4.88. The standard InChI is InChI=1S/C21H22N2O2S2/c1-14-13-27-21(25)23(14)10-9-19(24)22-20(18-6-3-11-26-18)17-8-7-15-4-2-5-16(15)12-17/h3,6-8,11-13,20H,2,4-5,9-10H2,1H3,(H,22,24). The summed E-state index contributed by atoms with van der Waals surface area (Å²) in [5.74, 6) is -0.0357. The van der Waals surface area contributed by atoms with E-state index >= 15 is 0 Å². The molecule has 27 heavy (non-hydrogen) atoms. The Bertz CT molecular complexity index is 1000. The Hall–Kier alpha value is -2.18. The van der Waals surface area contributed by atoms with Crippen molar-refractivity contribution in [3.05, 3.63) is 78.0 Å². The van der Waals surface area contributed by atoms with Gasteiger partial charge in [0.25, 0.3) is 0 Å². The molecule has 1 aliphatic carbocycles. The third-order valence-corrected chi connectivity index (χ3v) is 6.95. The van der Waals surface area contributed by atoms with Gasteiger partial charge in [0.2, 0.25) is 5.91 Å². The fraction of sp³-hybridized carbons (Fsp3) is 0.333. The van der Waals surface area contributed by atoms with Gasteiger partial charge in [-0.25, -0.2) is 0 Å². The summed E-state index contributed by atoms with van der Waals surface area (Å²) in [6, 6.07) is 10.5. The fourth-order valence-electron chi connectivity index (χ4n) is 3.67. The number of aryl methyl sites for hydroxylation is 3. The molecule has 1 unspecified atom stereocenters. The molecule has 6 heteroatoms. The minimum absolute atomic E-state index is 0.00581. The van der Waals surface area contributed by atoms with Crippen LogP contribution in [0.4, 0.5) is 0 Å². The third kappa shape index (κ3) is 3.92. The van der Waals surface area contributed by atoms with Gasteiger partial charge in [-0.2, -0.15) is 0 Å². The highest BCUT2D eigenvalue weighted by Gasteiger charge is 2.20. The Morgan fingerprint density at radius 2 is 2.07 bits per heavy atom. The number of hydrogen-bond donors (Lipinski definition) is 1. The molecule has 1 N–H and O–H groups in total. The van der Waals surface area contributed by atoms with Crippen molar-refractivity contribution in [1.29, 1.82) is 0 Å². The number of carbonyl (C=O) groups excluding carboxylic acids is 1. The van der Waals surface area contributed by atoms with E-state index in [9.17, 15) is 9.59 Å². The van der Waals surface area contributed by atoms with Gasteiger partial charge in [0.05, 0.1) is 6.04 Å². The molecule has 2 aromatic heterocycles. The van der Waals surface area contributed by atoms with Crippen molar-refractivity contribution in [2.75, 3.05) is 0 Å². The van der Waals surface area contributed by atoms with Gasteiger partial charge in [-0.05, 0) is 54.3 Å². The maximum atomic E-state index is 12.7. The summed E-state index contributed by atoms with van der Waals surface area (Å²) >= 11 is 2.83. The van der Waals surface area contributed by atoms with E-state index in [1.807, 2.05) is 23.8 Å². The van der Waals surface area contributed by atoms with Crippen LogP contribution in [-0.4, -0.2) is 10.5 Å². The summed E-state index contributed by atoms with van der Waals surface area (Å²) in [7, 11) is 0. The van der Waals surface area contributed by atoms with Gasteiger partial charge in [0.15, 0.2) is 0 Å². The summed E-state index contributed by atoms with van der Waals surface area (Å²) in [5, 5.41) is 7.06. The average Bonchev–Trinajstić information content (AvgIpc) is 3.40. The van der Waals surface area contributed by atoms with Crippen LogP contribution < -0.4 is 10.2 Å². The normalized spacial score (nSPS) is 14.1. The largest absolute Gasteiger partial charge is 0.344 e. The van der Waals surface area contributed by atoms with Crippen LogP contribution in [0.5, 0.6) is 0 Å². The van der Waals surface area contributed by atoms with Crippen molar-refractivity contribution < 1.29 is 4.79 Å². The smallest absolute Gasteiger partial charge is 0.307 e. The summed E-state index contributed by atoms with van der Waals surface area (Å²) in [6.45, 7) is 2.32. The van der Waals surface area contributed by atoms with Gasteiger partial charge in [-0.15, -0.1) is 11.3 Å². The van der Waals surface area contributed by atoms with E-state index in [4.69, 9.17) is 0 Å². The molecule has 4 nitrogen and oxygen atoms in total. The molecular weight excluding hydrogens is 376 g/mol. The van der Waals surface area contributed by atoms with Crippen LogP contribution in [0.2, 0.25) is 0 Å². The molecule has 0 aliphatic heterocycles. The molecule has 2 heterocycles. The zero-order chi connectivity index (χ0) is 18.8. The molecule has 0 spiro atoms. The van der Waals surface area contributed by atoms with Crippen molar-refractivity contribution in [2.24, 2.45) is 0 Å². The third-order valence-electron chi connectivity index (χ3n) is 5.13. The van der Waals surface area contributed by atoms with E-state index in [-0.39, 0.29) is 16.8 Å². The zero-order valence-corrected chi connectivity index (χ0v) is 16.9. The lowest BCUT2D eigenvalue weighted by atomic mass is 10.00. The van der Waals surface area contributed by atoms with E-state index in [0.29, 0.717) is 13.0 Å². The minimum Gasteiger partial charge on any atom is -0.344 e. The maximum Gasteiger partial charge on any atom is 0.307 e. The van der Waals surface area contributed by atoms with Gasteiger partial charge in [0, 0.05) is 28.9 Å². The molecule has 140 valence electrons. The average molecular weight is 399 g/mol. The first kappa shape index (κ1) is 18.2. The molecule has 4 rings (SSSR count). The first-order valence-electron chi connectivity index (χ1n) is 9.21. The van der Waals surface area contributed by atoms with E-state index in [1.54, 1.807) is 15.9 Å². The second-order valence-corrected chi connectivity index (χ2v) is 8.74. The van der Waals surface area contributed by atoms with Crippen molar-refractivity contribution in [3.8, 4) is 0 Å². The maximum absolute atomic E-state index is 12.7. The quantitative estimate of drug-likeness (QED) is 0.681. The molecule has 0 bridgehead atoms. The molecule has 0 radical (unpaired) electrons. The highest BCUT2D eigenvalue weighted by molar-refractivity contribution is 7.10. The van der Waals surface area contributed by atoms with E-state index in [1.165, 1.54) is 28.9 Å². The van der Waals surface area contributed by atoms with Gasteiger partial charge in [-0.1, -0.05) is 35.6 Å². The molecule has 1 amide bonds. The number of nitrogens with zero attached hydrogens (tertiary/aromatic N) is 1. The second kappa shape index (κ2) is 7.82. The lowest BCUT2D eigenvalue weighted by molar-refractivity contribution is -0.121. The van der Waals surface area contributed by atoms with E-state index in [0.717, 1.165) is 29.0 Å². The first-order valence-corrected chi connectivity index (χ1v) is 11.0. The molecular formula is C21H22N2O2S2. The molecule has 3 aromatic rings. The van der Waals surface area contributed by atoms with Crippen LogP contribution in [0.25, 0.3) is 0 Å². The molecule has 0 saturated heterocycles. The highest BCUT2D eigenvalue weighted by atomic mass is 32.1. The number of thiophene rings is 1. The molecule has 0 saturated carbocycles. The Morgan fingerprint density at radius 3 is 2.81 bits per heavy atom. The number of thiazole rings is 1. The van der Waals surface area contributed by atoms with E-state index in [2.05, 4.69) is 29.6 Å². The molecule has 1 atom stereocenters. The van der Waals surface area contributed by atoms with Crippen LogP contribution >= 0.6 is 22.7 Å². The van der Waals surface area contributed by atoms with Crippen molar-refractivity contribution >= 4 is 28.6 Å². The summed E-state index contributed by atoms with van der Waals surface area (Å²) < 4.78 is 1.67. The lowest BCUT2D eigenvalue weighted by Crippen LogP contribution is -2.30. The summed E-state index contributed by atoms with van der Waals surface area (Å²) in [6.07, 6.45) is 3.78. The number of benzene rings is 1. The monoisotopic (exact) mass is 398 g/mol. The van der Waals surface area contributed by atoms with Crippen LogP contribution in [0.15, 0.2) is 45.9 Å². The van der Waals surface area contributed by atoms with Gasteiger partial charge >= 0.3 is 4.87 Å². The first-order chi connectivity index (χ1) is 13.1. The number of fused-ring (bicyclic) bond motifs is 1. The second-order valence-electron chi connectivity index (χ2n) is 6.94. The number of rotatable bonds is 6. The number of nitrogens with one attached hydrogen (secondary N) is 1. The van der Waals surface area contributed by atoms with Crippen molar-refractivity contribution in [2.45, 2.75) is 45.2 Å². The van der Waals surface area contributed by atoms with Crippen LogP contribution in [0.1, 0.15) is 46.1 Å². The zero-order valence-electron chi connectivity index (χ0n) is 15.2. The Balaban J connectivity index is 1.52. The van der Waals surface area contributed by atoms with Gasteiger partial charge in [0.1, 0.15) is 0 Å². The van der Waals surface area contributed by atoms with Crippen LogP contribution in [0, 0.1) is 6.92 Å². The van der Waals surface area contributed by atoms with Crippen LogP contribution in [0.3, 0.4) is 0 Å². The van der Waals surface area contributed by atoms with Gasteiger partial charge in [-0.3, -0.25) is 9.59 Å². The van der Waals surface area contributed by atoms with Crippen molar-refractivity contribution in [1.82, 2.24) is 9.88 Å². The topological polar surface area (TPSA) is 51.1 Å². The Morgan fingerprint density at radius 1 is 1.22 bits per heavy atom. The predicted molar refractivity (Wildman–Crippen MR) is 111 cm³/mol. The highest BCUT2D eigenvalue weighted by Crippen LogP contribution is 2.30. The fourth-order valence-corrected chi connectivity index (χ4v) is 5.23. The number of carbonyl (C=O) groups is 1. The Labute approximate surface area is 166 Å². The SMILES string of the molecule is Cc1csc(=O)n1CCC(=O)NC(c1ccc2c(c1)CCC2)c1cccs1. The van der Waals surface area contributed by atoms with Gasteiger partial charge < -0.3 is 9.88 Å². The minimum atomic E-state index is -0.135. The van der Waals surface area contributed by atoms with Crippen LogP contribution in [-0.2, 0) is 24.2 Å². The molecule has 0 fully saturated rings. The summed E-state index contributed by atoms with van der Waals surface area (Å²) in [4.78, 5) is 25.6. The number of aromatic nitrogens is 1. The predicted octanol–water partition coefficient (Wildman–Crippen LogP) is 4.06.